The molecule has 88 valence electrons. The largest absolute Gasteiger partial charge is 0.320 e. The fraction of sp³-hybridized carbons (Fsp3) is 0.143. The minimum Gasteiger partial charge on any atom is -0.320 e. The summed E-state index contributed by atoms with van der Waals surface area (Å²) in [6.07, 6.45) is 0. The Balaban J connectivity index is 2.47. The summed E-state index contributed by atoms with van der Waals surface area (Å²) in [7, 11) is 0. The maximum Gasteiger partial charge on any atom is 0.129 e. The Labute approximate surface area is 105 Å². The van der Waals surface area contributed by atoms with Crippen LogP contribution < -0.4 is 5.73 Å². The third kappa shape index (κ3) is 2.48. The monoisotopic (exact) mass is 249 g/mol. The van der Waals surface area contributed by atoms with Crippen LogP contribution in [-0.2, 0) is 0 Å². The number of aryl methyl sites for hydroxylation is 1. The second kappa shape index (κ2) is 4.86. The van der Waals surface area contributed by atoms with Crippen LogP contribution in [0.15, 0.2) is 42.5 Å². The Bertz CT molecular complexity index is 519. The van der Waals surface area contributed by atoms with E-state index in [1.54, 1.807) is 12.1 Å². The van der Waals surface area contributed by atoms with Crippen molar-refractivity contribution in [2.45, 2.75) is 13.0 Å². The molecule has 0 aliphatic carbocycles. The minimum absolute atomic E-state index is 0.347. The zero-order valence-electron chi connectivity index (χ0n) is 9.45. The van der Waals surface area contributed by atoms with E-state index in [4.69, 9.17) is 17.3 Å². The highest BCUT2D eigenvalue weighted by molar-refractivity contribution is 6.31. The van der Waals surface area contributed by atoms with Crippen LogP contribution in [0.3, 0.4) is 0 Å². The molecule has 0 fully saturated rings. The molecule has 0 saturated carbocycles. The molecule has 0 aliphatic rings. The van der Waals surface area contributed by atoms with E-state index < -0.39 is 6.04 Å². The van der Waals surface area contributed by atoms with Gasteiger partial charge in [0.2, 0.25) is 0 Å². The standard InChI is InChI=1S/C14H13ClFN/c1-9-4-2-5-10(8-9)14(17)13-11(15)6-3-7-12(13)16/h2-8,14H,17H2,1H3. The van der Waals surface area contributed by atoms with Crippen molar-refractivity contribution < 1.29 is 4.39 Å². The van der Waals surface area contributed by atoms with Gasteiger partial charge in [-0.05, 0) is 24.6 Å². The van der Waals surface area contributed by atoms with Crippen LogP contribution in [-0.4, -0.2) is 0 Å². The SMILES string of the molecule is Cc1cccc(C(N)c2c(F)cccc2Cl)c1. The van der Waals surface area contributed by atoms with Gasteiger partial charge < -0.3 is 5.73 Å². The van der Waals surface area contributed by atoms with Gasteiger partial charge in [-0.2, -0.15) is 0 Å². The highest BCUT2D eigenvalue weighted by Crippen LogP contribution is 2.29. The smallest absolute Gasteiger partial charge is 0.129 e. The molecule has 0 aliphatic heterocycles. The van der Waals surface area contributed by atoms with E-state index in [-0.39, 0.29) is 5.82 Å². The summed E-state index contributed by atoms with van der Waals surface area (Å²) in [6.45, 7) is 1.97. The lowest BCUT2D eigenvalue weighted by Gasteiger charge is -2.15. The number of hydrogen-bond donors (Lipinski definition) is 1. The van der Waals surface area contributed by atoms with Crippen molar-refractivity contribution in [3.05, 3.63) is 70.0 Å². The Morgan fingerprint density at radius 2 is 1.88 bits per heavy atom. The second-order valence-corrected chi connectivity index (χ2v) is 4.43. The van der Waals surface area contributed by atoms with Crippen LogP contribution in [0.4, 0.5) is 4.39 Å². The van der Waals surface area contributed by atoms with Gasteiger partial charge in [0.25, 0.3) is 0 Å². The number of rotatable bonds is 2. The van der Waals surface area contributed by atoms with E-state index in [0.29, 0.717) is 10.6 Å². The van der Waals surface area contributed by atoms with Crippen molar-refractivity contribution in [1.29, 1.82) is 0 Å². The first-order valence-electron chi connectivity index (χ1n) is 5.35. The van der Waals surface area contributed by atoms with E-state index in [0.717, 1.165) is 11.1 Å². The molecule has 0 spiro atoms. The minimum atomic E-state index is -0.538. The second-order valence-electron chi connectivity index (χ2n) is 4.03. The lowest BCUT2D eigenvalue weighted by molar-refractivity contribution is 0.600. The average molecular weight is 250 g/mol. The highest BCUT2D eigenvalue weighted by atomic mass is 35.5. The molecule has 2 N–H and O–H groups in total. The summed E-state index contributed by atoms with van der Waals surface area (Å²) in [5, 5.41) is 0.360. The Kier molecular flexibility index (Phi) is 3.46. The van der Waals surface area contributed by atoms with Crippen LogP contribution in [0.25, 0.3) is 0 Å². The van der Waals surface area contributed by atoms with Gasteiger partial charge in [0.1, 0.15) is 5.82 Å². The van der Waals surface area contributed by atoms with Gasteiger partial charge >= 0.3 is 0 Å². The fourth-order valence-electron chi connectivity index (χ4n) is 1.84. The van der Waals surface area contributed by atoms with Crippen molar-refractivity contribution in [3.8, 4) is 0 Å². The van der Waals surface area contributed by atoms with Crippen LogP contribution in [0.1, 0.15) is 22.7 Å². The molecule has 17 heavy (non-hydrogen) atoms. The first kappa shape index (κ1) is 12.1. The quantitative estimate of drug-likeness (QED) is 0.860. The molecular formula is C14H13ClFN. The Hall–Kier alpha value is -1.38. The zero-order chi connectivity index (χ0) is 12.4. The lowest BCUT2D eigenvalue weighted by Crippen LogP contribution is -2.14. The Morgan fingerprint density at radius 3 is 2.53 bits per heavy atom. The molecule has 2 aromatic carbocycles. The van der Waals surface area contributed by atoms with Gasteiger partial charge in [-0.1, -0.05) is 47.5 Å². The average Bonchev–Trinajstić information content (AvgIpc) is 2.28. The summed E-state index contributed by atoms with van der Waals surface area (Å²) in [6, 6.07) is 11.7. The van der Waals surface area contributed by atoms with Crippen molar-refractivity contribution in [3.63, 3.8) is 0 Å². The predicted octanol–water partition coefficient (Wildman–Crippen LogP) is 3.84. The van der Waals surface area contributed by atoms with Gasteiger partial charge in [0.05, 0.1) is 6.04 Å². The molecule has 1 nitrogen and oxygen atoms in total. The van der Waals surface area contributed by atoms with E-state index in [1.807, 2.05) is 31.2 Å². The van der Waals surface area contributed by atoms with Crippen molar-refractivity contribution in [2.75, 3.05) is 0 Å². The normalized spacial score (nSPS) is 12.5. The molecule has 0 heterocycles. The number of halogens is 2. The molecule has 0 bridgehead atoms. The van der Waals surface area contributed by atoms with Gasteiger partial charge in [-0.3, -0.25) is 0 Å². The predicted molar refractivity (Wildman–Crippen MR) is 68.6 cm³/mol. The molecule has 2 aromatic rings. The summed E-state index contributed by atoms with van der Waals surface area (Å²) < 4.78 is 13.7. The van der Waals surface area contributed by atoms with Gasteiger partial charge in [-0.15, -0.1) is 0 Å². The van der Waals surface area contributed by atoms with E-state index in [9.17, 15) is 4.39 Å². The van der Waals surface area contributed by atoms with E-state index >= 15 is 0 Å². The summed E-state index contributed by atoms with van der Waals surface area (Å²) >= 11 is 5.99. The van der Waals surface area contributed by atoms with Gasteiger partial charge in [-0.25, -0.2) is 4.39 Å². The summed E-state index contributed by atoms with van der Waals surface area (Å²) in [5.41, 5.74) is 8.36. The number of hydrogen-bond acceptors (Lipinski definition) is 1. The number of nitrogens with two attached hydrogens (primary N) is 1. The molecule has 0 aromatic heterocycles. The Morgan fingerprint density at radius 1 is 1.18 bits per heavy atom. The first-order valence-corrected chi connectivity index (χ1v) is 5.73. The van der Waals surface area contributed by atoms with Crippen LogP contribution in [0.5, 0.6) is 0 Å². The molecule has 3 heteroatoms. The van der Waals surface area contributed by atoms with Crippen LogP contribution >= 0.6 is 11.6 Å². The highest BCUT2D eigenvalue weighted by Gasteiger charge is 2.16. The van der Waals surface area contributed by atoms with Crippen molar-refractivity contribution in [2.24, 2.45) is 5.73 Å². The fourth-order valence-corrected chi connectivity index (χ4v) is 2.12. The van der Waals surface area contributed by atoms with E-state index in [2.05, 4.69) is 0 Å². The molecular weight excluding hydrogens is 237 g/mol. The van der Waals surface area contributed by atoms with Crippen LogP contribution in [0.2, 0.25) is 5.02 Å². The maximum atomic E-state index is 13.7. The van der Waals surface area contributed by atoms with Crippen molar-refractivity contribution >= 4 is 11.6 Å². The topological polar surface area (TPSA) is 26.0 Å². The molecule has 1 atom stereocenters. The maximum absolute atomic E-state index is 13.7. The molecule has 2 rings (SSSR count). The molecule has 0 radical (unpaired) electrons. The van der Waals surface area contributed by atoms with Gasteiger partial charge in [0, 0.05) is 10.6 Å². The van der Waals surface area contributed by atoms with Crippen molar-refractivity contribution in [1.82, 2.24) is 0 Å². The summed E-state index contributed by atoms with van der Waals surface area (Å²) in [4.78, 5) is 0. The molecule has 0 amide bonds. The lowest BCUT2D eigenvalue weighted by atomic mass is 9.98. The zero-order valence-corrected chi connectivity index (χ0v) is 10.2. The third-order valence-electron chi connectivity index (χ3n) is 2.71. The first-order chi connectivity index (χ1) is 8.09. The summed E-state index contributed by atoms with van der Waals surface area (Å²) in [5.74, 6) is -0.369. The van der Waals surface area contributed by atoms with E-state index in [1.165, 1.54) is 6.07 Å². The van der Waals surface area contributed by atoms with Crippen LogP contribution in [0, 0.1) is 12.7 Å². The number of benzene rings is 2. The third-order valence-corrected chi connectivity index (χ3v) is 3.04. The molecule has 1 unspecified atom stereocenters. The van der Waals surface area contributed by atoms with Gasteiger partial charge in [0.15, 0.2) is 0 Å². The molecule has 0 saturated heterocycles.